The van der Waals surface area contributed by atoms with Gasteiger partial charge in [0, 0.05) is 17.5 Å². The third-order valence-electron chi connectivity index (χ3n) is 5.02. The lowest BCUT2D eigenvalue weighted by Crippen LogP contribution is -2.28. The lowest BCUT2D eigenvalue weighted by molar-refractivity contribution is 0.0813. The monoisotopic (exact) mass is 387 g/mol. The van der Waals surface area contributed by atoms with Crippen LogP contribution in [0.3, 0.4) is 0 Å². The van der Waals surface area contributed by atoms with E-state index in [0.717, 1.165) is 46.1 Å². The van der Waals surface area contributed by atoms with Crippen molar-refractivity contribution >= 4 is 40.1 Å². The van der Waals surface area contributed by atoms with E-state index in [2.05, 4.69) is 6.08 Å². The zero-order valence-electron chi connectivity index (χ0n) is 15.4. The second kappa shape index (κ2) is 7.46. The molecule has 0 unspecified atom stereocenters. The zero-order valence-corrected chi connectivity index (χ0v) is 16.2. The molecule has 0 fully saturated rings. The summed E-state index contributed by atoms with van der Waals surface area (Å²) in [6, 6.07) is 17.4. The van der Waals surface area contributed by atoms with Crippen molar-refractivity contribution in [3.8, 4) is 6.07 Å². The number of benzene rings is 2. The van der Waals surface area contributed by atoms with Crippen molar-refractivity contribution in [1.29, 1.82) is 5.26 Å². The molecule has 1 aliphatic rings. The number of hydrogen-bond acceptors (Lipinski definition) is 3. The first kappa shape index (κ1) is 18.2. The summed E-state index contributed by atoms with van der Waals surface area (Å²) < 4.78 is 0. The fourth-order valence-corrected chi connectivity index (χ4v) is 3.78. The largest absolute Gasteiger partial charge is 0.328 e. The Morgan fingerprint density at radius 1 is 1.21 bits per heavy atom. The Morgan fingerprint density at radius 2 is 1.96 bits per heavy atom. The summed E-state index contributed by atoms with van der Waals surface area (Å²) in [5.41, 5.74) is 5.46. The van der Waals surface area contributed by atoms with E-state index < -0.39 is 0 Å². The molecule has 0 radical (unpaired) electrons. The first-order valence-corrected chi connectivity index (χ1v) is 9.47. The number of pyridine rings is 1. The maximum atomic E-state index is 13.1. The van der Waals surface area contributed by atoms with E-state index in [0.29, 0.717) is 10.6 Å². The van der Waals surface area contributed by atoms with Crippen LogP contribution in [0.25, 0.3) is 22.6 Å². The first-order chi connectivity index (χ1) is 13.6. The normalized spacial score (nSPS) is 14.1. The number of halogens is 1. The van der Waals surface area contributed by atoms with Gasteiger partial charge in [0.1, 0.15) is 6.54 Å². The molecule has 1 aromatic heterocycles. The number of nitriles is 1. The van der Waals surface area contributed by atoms with Crippen molar-refractivity contribution < 1.29 is 4.79 Å². The maximum Gasteiger partial charge on any atom is 0.255 e. The topological polar surface area (TPSA) is 57.0 Å². The van der Waals surface area contributed by atoms with E-state index in [9.17, 15) is 4.79 Å². The summed E-state index contributed by atoms with van der Waals surface area (Å²) in [6.45, 7) is 0.0533. The molecule has 138 valence electrons. The van der Waals surface area contributed by atoms with Gasteiger partial charge in [0.15, 0.2) is 0 Å². The van der Waals surface area contributed by atoms with Gasteiger partial charge in [-0.05, 0) is 53.8 Å². The molecule has 0 atom stereocenters. The highest BCUT2D eigenvalue weighted by Crippen LogP contribution is 2.38. The minimum Gasteiger partial charge on any atom is -0.328 e. The Morgan fingerprint density at radius 3 is 2.71 bits per heavy atom. The van der Waals surface area contributed by atoms with E-state index >= 15 is 0 Å². The van der Waals surface area contributed by atoms with Crippen LogP contribution in [-0.4, -0.2) is 29.4 Å². The summed E-state index contributed by atoms with van der Waals surface area (Å²) in [5, 5.41) is 10.5. The number of hydrogen-bond donors (Lipinski definition) is 0. The number of allylic oxidation sites excluding steroid dienone is 1. The van der Waals surface area contributed by atoms with E-state index in [4.69, 9.17) is 21.8 Å². The van der Waals surface area contributed by atoms with Gasteiger partial charge in [-0.2, -0.15) is 5.26 Å². The summed E-state index contributed by atoms with van der Waals surface area (Å²) in [6.07, 6.45) is 3.69. The van der Waals surface area contributed by atoms with Crippen LogP contribution in [0.5, 0.6) is 0 Å². The SMILES string of the molecule is CN(CC#N)C(=O)c1c2c(nc3ccccc13)C(=Cc1ccc(Cl)cc1)CC2. The van der Waals surface area contributed by atoms with Crippen molar-refractivity contribution in [2.75, 3.05) is 13.6 Å². The summed E-state index contributed by atoms with van der Waals surface area (Å²) in [4.78, 5) is 19.5. The molecular formula is C23H18ClN3O. The lowest BCUT2D eigenvalue weighted by Gasteiger charge is -2.17. The third-order valence-corrected chi connectivity index (χ3v) is 5.27. The molecule has 0 aliphatic heterocycles. The molecule has 1 amide bonds. The summed E-state index contributed by atoms with van der Waals surface area (Å²) in [5.74, 6) is -0.135. The molecule has 4 rings (SSSR count). The number of amides is 1. The molecule has 28 heavy (non-hydrogen) atoms. The van der Waals surface area contributed by atoms with Crippen molar-refractivity contribution in [3.05, 3.63) is 75.9 Å². The molecule has 0 spiro atoms. The lowest BCUT2D eigenvalue weighted by atomic mass is 9.99. The first-order valence-electron chi connectivity index (χ1n) is 9.09. The molecule has 4 nitrogen and oxygen atoms in total. The Labute approximate surface area is 168 Å². The van der Waals surface area contributed by atoms with E-state index in [1.807, 2.05) is 54.6 Å². The van der Waals surface area contributed by atoms with E-state index in [-0.39, 0.29) is 12.5 Å². The third kappa shape index (κ3) is 3.26. The standard InChI is InChI=1S/C23H18ClN3O/c1-27(13-12-25)23(28)21-18-4-2-3-5-20(18)26-22-16(8-11-19(21)22)14-15-6-9-17(24)10-7-15/h2-7,9-10,14H,8,11,13H2,1H3. The second-order valence-electron chi connectivity index (χ2n) is 6.87. The highest BCUT2D eigenvalue weighted by atomic mass is 35.5. The van der Waals surface area contributed by atoms with Gasteiger partial charge in [-0.3, -0.25) is 4.79 Å². The van der Waals surface area contributed by atoms with E-state index in [1.165, 1.54) is 4.90 Å². The number of nitrogens with zero attached hydrogens (tertiary/aromatic N) is 3. The maximum absolute atomic E-state index is 13.1. The van der Waals surface area contributed by atoms with Crippen LogP contribution in [0.1, 0.15) is 33.6 Å². The van der Waals surface area contributed by atoms with Crippen LogP contribution in [0, 0.1) is 11.3 Å². The van der Waals surface area contributed by atoms with Crippen LogP contribution < -0.4 is 0 Å². The van der Waals surface area contributed by atoms with Crippen molar-refractivity contribution in [2.24, 2.45) is 0 Å². The van der Waals surface area contributed by atoms with Crippen molar-refractivity contribution in [3.63, 3.8) is 0 Å². The molecule has 3 aromatic rings. The Hall–Kier alpha value is -3.16. The van der Waals surface area contributed by atoms with Crippen LogP contribution in [0.2, 0.25) is 5.02 Å². The number of fused-ring (bicyclic) bond motifs is 2. The molecule has 0 bridgehead atoms. The fourth-order valence-electron chi connectivity index (χ4n) is 3.65. The Balaban J connectivity index is 1.88. The predicted molar refractivity (Wildman–Crippen MR) is 112 cm³/mol. The van der Waals surface area contributed by atoms with Gasteiger partial charge in [-0.1, -0.05) is 41.9 Å². The van der Waals surface area contributed by atoms with Crippen LogP contribution in [-0.2, 0) is 6.42 Å². The van der Waals surface area contributed by atoms with Crippen LogP contribution in [0.15, 0.2) is 48.5 Å². The van der Waals surface area contributed by atoms with E-state index in [1.54, 1.807) is 7.05 Å². The van der Waals surface area contributed by atoms with Crippen molar-refractivity contribution in [2.45, 2.75) is 12.8 Å². The Bertz CT molecular complexity index is 1140. The van der Waals surface area contributed by atoms with Gasteiger partial charge >= 0.3 is 0 Å². The molecular weight excluding hydrogens is 370 g/mol. The molecule has 1 heterocycles. The number of carbonyl (C=O) groups is 1. The molecule has 2 aromatic carbocycles. The van der Waals surface area contributed by atoms with Gasteiger partial charge in [0.2, 0.25) is 0 Å². The number of rotatable bonds is 3. The Kier molecular flexibility index (Phi) is 4.85. The average Bonchev–Trinajstić information content (AvgIpc) is 3.09. The molecule has 1 aliphatic carbocycles. The van der Waals surface area contributed by atoms with Crippen molar-refractivity contribution in [1.82, 2.24) is 9.88 Å². The molecule has 0 saturated carbocycles. The highest BCUT2D eigenvalue weighted by molar-refractivity contribution is 6.30. The second-order valence-corrected chi connectivity index (χ2v) is 7.31. The smallest absolute Gasteiger partial charge is 0.255 e. The van der Waals surface area contributed by atoms with Gasteiger partial charge < -0.3 is 4.90 Å². The average molecular weight is 388 g/mol. The molecule has 5 heteroatoms. The van der Waals surface area contributed by atoms with Gasteiger partial charge in [0.25, 0.3) is 5.91 Å². The molecule has 0 saturated heterocycles. The number of carbonyl (C=O) groups excluding carboxylic acids is 1. The predicted octanol–water partition coefficient (Wildman–Crippen LogP) is 4.97. The van der Waals surface area contributed by atoms with Gasteiger partial charge in [0.05, 0.1) is 22.8 Å². The quantitative estimate of drug-likeness (QED) is 0.596. The number of para-hydroxylation sites is 1. The minimum atomic E-state index is -0.135. The minimum absolute atomic E-state index is 0.0533. The van der Waals surface area contributed by atoms with Crippen LogP contribution in [0.4, 0.5) is 0 Å². The summed E-state index contributed by atoms with van der Waals surface area (Å²) >= 11 is 5.99. The summed E-state index contributed by atoms with van der Waals surface area (Å²) in [7, 11) is 1.66. The fraction of sp³-hybridized carbons (Fsp3) is 0.174. The van der Waals surface area contributed by atoms with Gasteiger partial charge in [-0.25, -0.2) is 4.98 Å². The zero-order chi connectivity index (χ0) is 19.7. The van der Waals surface area contributed by atoms with Crippen LogP contribution >= 0.6 is 11.6 Å². The highest BCUT2D eigenvalue weighted by Gasteiger charge is 2.28. The molecule has 0 N–H and O–H groups in total. The van der Waals surface area contributed by atoms with Gasteiger partial charge in [-0.15, -0.1) is 0 Å². The number of aromatic nitrogens is 1.